The predicted octanol–water partition coefficient (Wildman–Crippen LogP) is 2.22. The van der Waals surface area contributed by atoms with E-state index in [0.717, 1.165) is 12.1 Å². The number of hydrogen-bond acceptors (Lipinski definition) is 5. The van der Waals surface area contributed by atoms with E-state index in [1.807, 2.05) is 30.3 Å². The minimum atomic E-state index is -0.537. The van der Waals surface area contributed by atoms with Crippen molar-refractivity contribution in [1.29, 1.82) is 0 Å². The number of halogens is 1. The van der Waals surface area contributed by atoms with Gasteiger partial charge in [-0.1, -0.05) is 42.5 Å². The molecule has 1 heterocycles. The third-order valence-corrected chi connectivity index (χ3v) is 5.39. The van der Waals surface area contributed by atoms with Gasteiger partial charge in [-0.2, -0.15) is 0 Å². The van der Waals surface area contributed by atoms with Crippen molar-refractivity contribution in [1.82, 2.24) is 9.80 Å². The molecule has 0 radical (unpaired) electrons. The summed E-state index contributed by atoms with van der Waals surface area (Å²) in [7, 11) is 1.57. The van der Waals surface area contributed by atoms with Gasteiger partial charge >= 0.3 is 0 Å². The van der Waals surface area contributed by atoms with E-state index in [1.165, 1.54) is 12.1 Å². The van der Waals surface area contributed by atoms with Crippen LogP contribution in [-0.4, -0.2) is 86.1 Å². The van der Waals surface area contributed by atoms with Gasteiger partial charge in [-0.15, -0.1) is 0 Å². The molecule has 1 aliphatic heterocycles. The summed E-state index contributed by atoms with van der Waals surface area (Å²) in [6.07, 6.45) is -0.106. The molecule has 31 heavy (non-hydrogen) atoms. The van der Waals surface area contributed by atoms with E-state index < -0.39 is 11.9 Å². The molecule has 1 fully saturated rings. The van der Waals surface area contributed by atoms with Gasteiger partial charge in [0.15, 0.2) is 0 Å². The minimum Gasteiger partial charge on any atom is -0.391 e. The summed E-state index contributed by atoms with van der Waals surface area (Å²) >= 11 is 0. The number of aliphatic hydroxyl groups excluding tert-OH is 1. The summed E-state index contributed by atoms with van der Waals surface area (Å²) in [5, 5.41) is 10.5. The molecule has 0 spiro atoms. The van der Waals surface area contributed by atoms with Crippen LogP contribution in [0.4, 0.5) is 4.39 Å². The second-order valence-electron chi connectivity index (χ2n) is 7.82. The first kappa shape index (κ1) is 23.3. The Morgan fingerprint density at radius 2 is 2.00 bits per heavy atom. The number of nitrogens with zero attached hydrogens (tertiary/aromatic N) is 2. The lowest BCUT2D eigenvalue weighted by atomic mass is 10.1. The molecular weight excluding hydrogens is 399 g/mol. The van der Waals surface area contributed by atoms with Crippen LogP contribution in [0.15, 0.2) is 54.6 Å². The molecule has 0 aromatic heterocycles. The summed E-state index contributed by atoms with van der Waals surface area (Å²) in [5.74, 6) is -0.912. The van der Waals surface area contributed by atoms with Crippen molar-refractivity contribution in [2.45, 2.75) is 18.6 Å². The fourth-order valence-corrected chi connectivity index (χ4v) is 3.83. The first-order valence-corrected chi connectivity index (χ1v) is 10.7. The maximum absolute atomic E-state index is 14.1. The Labute approximate surface area is 183 Å². The molecular formula is C24H31FN2O4. The van der Waals surface area contributed by atoms with Crippen LogP contribution in [0.1, 0.15) is 15.9 Å². The Hall–Kier alpha value is -2.32. The zero-order chi connectivity index (χ0) is 22.1. The topological polar surface area (TPSA) is 62.2 Å². The largest absolute Gasteiger partial charge is 0.391 e. The first-order chi connectivity index (χ1) is 15.1. The highest BCUT2D eigenvalue weighted by atomic mass is 19.1. The number of aliphatic hydroxyl groups is 1. The van der Waals surface area contributed by atoms with Crippen molar-refractivity contribution in [3.05, 3.63) is 71.5 Å². The summed E-state index contributed by atoms with van der Waals surface area (Å²) in [4.78, 5) is 16.7. The van der Waals surface area contributed by atoms with Crippen molar-refractivity contribution in [2.75, 3.05) is 53.0 Å². The van der Waals surface area contributed by atoms with E-state index in [2.05, 4.69) is 4.90 Å². The van der Waals surface area contributed by atoms with Crippen molar-refractivity contribution in [3.8, 4) is 0 Å². The van der Waals surface area contributed by atoms with Crippen LogP contribution in [0.5, 0.6) is 0 Å². The van der Waals surface area contributed by atoms with E-state index in [0.29, 0.717) is 45.8 Å². The van der Waals surface area contributed by atoms with Gasteiger partial charge in [0.25, 0.3) is 5.91 Å². The van der Waals surface area contributed by atoms with Crippen LogP contribution >= 0.6 is 0 Å². The number of carbonyl (C=O) groups excluding carboxylic acids is 1. The zero-order valence-electron chi connectivity index (χ0n) is 18.0. The summed E-state index contributed by atoms with van der Waals surface area (Å²) in [6, 6.07) is 15.9. The Morgan fingerprint density at radius 3 is 2.74 bits per heavy atom. The van der Waals surface area contributed by atoms with Gasteiger partial charge in [-0.25, -0.2) is 4.39 Å². The molecule has 2 aromatic rings. The maximum atomic E-state index is 14.1. The number of morpholine rings is 1. The Balaban J connectivity index is 1.58. The highest BCUT2D eigenvalue weighted by Gasteiger charge is 2.27. The second-order valence-corrected chi connectivity index (χ2v) is 7.82. The number of rotatable bonds is 10. The van der Waals surface area contributed by atoms with Crippen LogP contribution in [-0.2, 0) is 15.9 Å². The van der Waals surface area contributed by atoms with Crippen LogP contribution in [0.2, 0.25) is 0 Å². The number of hydrogen-bond donors (Lipinski definition) is 1. The Kier molecular flexibility index (Phi) is 8.97. The minimum absolute atomic E-state index is 0.0459. The monoisotopic (exact) mass is 430 g/mol. The lowest BCUT2D eigenvalue weighted by molar-refractivity contribution is -0.0515. The standard InChI is InChI=1S/C24H31FN2O4/c1-30-13-12-27(24(29)22-9-5-6-10-23(22)25)18-21-17-26(11-14-31-21)16-20(28)15-19-7-3-2-4-8-19/h2-10,20-21,28H,11-18H2,1H3. The van der Waals surface area contributed by atoms with Crippen LogP contribution in [0, 0.1) is 5.82 Å². The van der Waals surface area contributed by atoms with Crippen LogP contribution in [0.3, 0.4) is 0 Å². The smallest absolute Gasteiger partial charge is 0.256 e. The third kappa shape index (κ3) is 7.11. The molecule has 7 heteroatoms. The molecule has 0 aliphatic carbocycles. The molecule has 1 N–H and O–H groups in total. The molecule has 2 aromatic carbocycles. The van der Waals surface area contributed by atoms with E-state index in [4.69, 9.17) is 9.47 Å². The van der Waals surface area contributed by atoms with Gasteiger partial charge in [0.1, 0.15) is 5.82 Å². The van der Waals surface area contributed by atoms with E-state index in [1.54, 1.807) is 24.1 Å². The van der Waals surface area contributed by atoms with Gasteiger partial charge in [0.2, 0.25) is 0 Å². The second kappa shape index (κ2) is 11.9. The molecule has 1 aliphatic rings. The third-order valence-electron chi connectivity index (χ3n) is 5.39. The Morgan fingerprint density at radius 1 is 1.26 bits per heavy atom. The molecule has 1 amide bonds. The zero-order valence-corrected chi connectivity index (χ0v) is 18.0. The number of amides is 1. The lowest BCUT2D eigenvalue weighted by Gasteiger charge is -2.36. The fourth-order valence-electron chi connectivity index (χ4n) is 3.83. The van der Waals surface area contributed by atoms with Gasteiger partial charge in [-0.3, -0.25) is 9.69 Å². The maximum Gasteiger partial charge on any atom is 0.256 e. The van der Waals surface area contributed by atoms with Gasteiger partial charge in [0.05, 0.1) is 31.0 Å². The lowest BCUT2D eigenvalue weighted by Crippen LogP contribution is -2.51. The predicted molar refractivity (Wildman–Crippen MR) is 117 cm³/mol. The van der Waals surface area contributed by atoms with Crippen molar-refractivity contribution in [2.24, 2.45) is 0 Å². The van der Waals surface area contributed by atoms with Gasteiger partial charge < -0.3 is 19.5 Å². The molecule has 1 saturated heterocycles. The molecule has 6 nitrogen and oxygen atoms in total. The van der Waals surface area contributed by atoms with Crippen molar-refractivity contribution in [3.63, 3.8) is 0 Å². The average molecular weight is 431 g/mol. The van der Waals surface area contributed by atoms with E-state index in [9.17, 15) is 14.3 Å². The molecule has 3 rings (SSSR count). The van der Waals surface area contributed by atoms with Crippen molar-refractivity contribution >= 4 is 5.91 Å². The Bertz CT molecular complexity index is 820. The first-order valence-electron chi connectivity index (χ1n) is 10.7. The average Bonchev–Trinajstić information content (AvgIpc) is 2.77. The SMILES string of the molecule is COCCN(CC1CN(CC(O)Cc2ccccc2)CCO1)C(=O)c1ccccc1F. The number of ether oxygens (including phenoxy) is 2. The highest BCUT2D eigenvalue weighted by Crippen LogP contribution is 2.14. The molecule has 0 saturated carbocycles. The molecule has 0 bridgehead atoms. The highest BCUT2D eigenvalue weighted by molar-refractivity contribution is 5.94. The molecule has 2 unspecified atom stereocenters. The van der Waals surface area contributed by atoms with E-state index in [-0.39, 0.29) is 17.6 Å². The quantitative estimate of drug-likeness (QED) is 0.626. The van der Waals surface area contributed by atoms with Crippen LogP contribution < -0.4 is 0 Å². The molecule has 168 valence electrons. The van der Waals surface area contributed by atoms with Crippen LogP contribution in [0.25, 0.3) is 0 Å². The fraction of sp³-hybridized carbons (Fsp3) is 0.458. The van der Waals surface area contributed by atoms with E-state index >= 15 is 0 Å². The van der Waals surface area contributed by atoms with Gasteiger partial charge in [-0.05, 0) is 24.1 Å². The number of methoxy groups -OCH3 is 1. The summed E-state index contributed by atoms with van der Waals surface area (Å²) in [6.45, 7) is 3.42. The summed E-state index contributed by atoms with van der Waals surface area (Å²) in [5.41, 5.74) is 1.14. The summed E-state index contributed by atoms with van der Waals surface area (Å²) < 4.78 is 25.2. The van der Waals surface area contributed by atoms with Crippen molar-refractivity contribution < 1.29 is 23.8 Å². The number of benzene rings is 2. The molecule has 2 atom stereocenters. The normalized spacial score (nSPS) is 18.0. The number of carbonyl (C=O) groups is 1. The van der Waals surface area contributed by atoms with Gasteiger partial charge in [0, 0.05) is 39.8 Å². The number of β-amino-alcohol motifs (C(OH)–C–C–N with tert-alkyl or cyclic N) is 1.